The Labute approximate surface area is 121 Å². The summed E-state index contributed by atoms with van der Waals surface area (Å²) in [5.41, 5.74) is -0.248. The molecule has 0 spiro atoms. The molecule has 2 rings (SSSR count). The van der Waals surface area contributed by atoms with E-state index in [1.165, 1.54) is 12.3 Å². The summed E-state index contributed by atoms with van der Waals surface area (Å²) in [5.74, 6) is 0.525. The highest BCUT2D eigenvalue weighted by Crippen LogP contribution is 2.29. The van der Waals surface area contributed by atoms with E-state index in [4.69, 9.17) is 9.26 Å². The first-order valence-corrected chi connectivity index (χ1v) is 6.39. The van der Waals surface area contributed by atoms with Crippen LogP contribution in [0.25, 0.3) is 0 Å². The highest BCUT2D eigenvalue weighted by Gasteiger charge is 2.25. The zero-order valence-electron chi connectivity index (χ0n) is 12.2. The average Bonchev–Trinajstić information content (AvgIpc) is 2.88. The molecule has 0 aromatic carbocycles. The van der Waals surface area contributed by atoms with Crippen molar-refractivity contribution in [3.05, 3.63) is 40.2 Å². The molecule has 0 aliphatic rings. The minimum absolute atomic E-state index is 0.0607. The lowest BCUT2D eigenvalue weighted by Gasteiger charge is -2.12. The Morgan fingerprint density at radius 3 is 2.71 bits per heavy atom. The molecule has 2 aromatic heterocycles. The van der Waals surface area contributed by atoms with Gasteiger partial charge in [-0.2, -0.15) is 4.98 Å². The van der Waals surface area contributed by atoms with Crippen molar-refractivity contribution < 1.29 is 14.2 Å². The molecule has 0 saturated carbocycles. The van der Waals surface area contributed by atoms with E-state index in [-0.39, 0.29) is 22.9 Å². The van der Waals surface area contributed by atoms with Crippen molar-refractivity contribution in [1.82, 2.24) is 15.1 Å². The van der Waals surface area contributed by atoms with Gasteiger partial charge < -0.3 is 19.4 Å². The number of nitro groups is 1. The first-order chi connectivity index (χ1) is 9.79. The van der Waals surface area contributed by atoms with Gasteiger partial charge in [0.25, 0.3) is 5.89 Å². The summed E-state index contributed by atoms with van der Waals surface area (Å²) >= 11 is 0. The van der Waals surface area contributed by atoms with Crippen molar-refractivity contribution in [2.75, 3.05) is 0 Å². The SMILES string of the molecule is C[C@@H](Oc1cccnc1[N+](=O)[O-])c1nc(C(C)(C)C)no1. The molecular weight excluding hydrogens is 276 g/mol. The van der Waals surface area contributed by atoms with E-state index in [1.54, 1.807) is 13.0 Å². The zero-order chi connectivity index (χ0) is 15.6. The van der Waals surface area contributed by atoms with Gasteiger partial charge in [0.1, 0.15) is 6.20 Å². The number of nitrogens with zero attached hydrogens (tertiary/aromatic N) is 4. The fraction of sp³-hybridized carbons (Fsp3) is 0.462. The number of hydrogen-bond acceptors (Lipinski definition) is 7. The van der Waals surface area contributed by atoms with Crippen LogP contribution in [0.1, 0.15) is 45.5 Å². The van der Waals surface area contributed by atoms with E-state index in [1.807, 2.05) is 20.8 Å². The van der Waals surface area contributed by atoms with E-state index in [9.17, 15) is 10.1 Å². The summed E-state index contributed by atoms with van der Waals surface area (Å²) < 4.78 is 10.7. The normalized spacial score (nSPS) is 13.0. The molecule has 1 atom stereocenters. The van der Waals surface area contributed by atoms with Gasteiger partial charge >= 0.3 is 5.82 Å². The molecule has 2 heterocycles. The van der Waals surface area contributed by atoms with Crippen molar-refractivity contribution in [1.29, 1.82) is 0 Å². The molecule has 0 bridgehead atoms. The molecule has 0 saturated heterocycles. The Hall–Kier alpha value is -2.51. The Morgan fingerprint density at radius 2 is 2.14 bits per heavy atom. The van der Waals surface area contributed by atoms with Crippen LogP contribution >= 0.6 is 0 Å². The van der Waals surface area contributed by atoms with Gasteiger partial charge in [0.15, 0.2) is 11.9 Å². The summed E-state index contributed by atoms with van der Waals surface area (Å²) in [4.78, 5) is 18.2. The molecule has 0 radical (unpaired) electrons. The third kappa shape index (κ3) is 3.33. The van der Waals surface area contributed by atoms with Gasteiger partial charge in [-0.15, -0.1) is 0 Å². The second-order valence-electron chi connectivity index (χ2n) is 5.55. The Balaban J connectivity index is 2.21. The third-order valence-corrected chi connectivity index (χ3v) is 2.69. The summed E-state index contributed by atoms with van der Waals surface area (Å²) in [7, 11) is 0. The number of aromatic nitrogens is 3. The van der Waals surface area contributed by atoms with Crippen LogP contribution in [0, 0.1) is 10.1 Å². The topological polar surface area (TPSA) is 104 Å². The monoisotopic (exact) mass is 292 g/mol. The minimum Gasteiger partial charge on any atom is -0.473 e. The molecule has 0 amide bonds. The van der Waals surface area contributed by atoms with Gasteiger partial charge in [-0.25, -0.2) is 0 Å². The largest absolute Gasteiger partial charge is 0.473 e. The van der Waals surface area contributed by atoms with Crippen molar-refractivity contribution in [3.8, 4) is 5.75 Å². The average molecular weight is 292 g/mol. The molecule has 0 aliphatic carbocycles. The first kappa shape index (κ1) is 14.9. The molecule has 0 aliphatic heterocycles. The summed E-state index contributed by atoms with van der Waals surface area (Å²) in [6, 6.07) is 3.03. The van der Waals surface area contributed by atoms with Gasteiger partial charge in [-0.05, 0) is 29.0 Å². The van der Waals surface area contributed by atoms with Crippen LogP contribution in [0.15, 0.2) is 22.9 Å². The van der Waals surface area contributed by atoms with Crippen molar-refractivity contribution >= 4 is 5.82 Å². The van der Waals surface area contributed by atoms with Crippen LogP contribution < -0.4 is 4.74 Å². The van der Waals surface area contributed by atoms with Crippen LogP contribution in [0.5, 0.6) is 5.75 Å². The lowest BCUT2D eigenvalue weighted by atomic mass is 9.96. The predicted octanol–water partition coefficient (Wildman–Crippen LogP) is 2.81. The highest BCUT2D eigenvalue weighted by molar-refractivity contribution is 5.38. The van der Waals surface area contributed by atoms with Gasteiger partial charge in [-0.3, -0.25) is 0 Å². The van der Waals surface area contributed by atoms with E-state index in [2.05, 4.69) is 15.1 Å². The van der Waals surface area contributed by atoms with E-state index < -0.39 is 11.0 Å². The van der Waals surface area contributed by atoms with E-state index in [0.29, 0.717) is 5.82 Å². The standard InChI is InChI=1S/C13H16N4O4/c1-8(11-15-12(16-21-11)13(2,3)4)20-9-6-5-7-14-10(9)17(18)19/h5-8H,1-4H3/t8-/m1/s1. The molecule has 8 nitrogen and oxygen atoms in total. The molecule has 2 aromatic rings. The number of ether oxygens (including phenoxy) is 1. The lowest BCUT2D eigenvalue weighted by Crippen LogP contribution is -2.14. The summed E-state index contributed by atoms with van der Waals surface area (Å²) in [6.45, 7) is 7.55. The van der Waals surface area contributed by atoms with Crippen LogP contribution in [0.3, 0.4) is 0 Å². The number of rotatable bonds is 4. The number of pyridine rings is 1. The second kappa shape index (κ2) is 5.47. The van der Waals surface area contributed by atoms with Gasteiger partial charge in [0.05, 0.1) is 0 Å². The van der Waals surface area contributed by atoms with Crippen molar-refractivity contribution in [3.63, 3.8) is 0 Å². The lowest BCUT2D eigenvalue weighted by molar-refractivity contribution is -0.390. The van der Waals surface area contributed by atoms with Crippen LogP contribution in [-0.2, 0) is 5.41 Å². The molecule has 112 valence electrons. The minimum atomic E-state index is -0.614. The maximum absolute atomic E-state index is 10.9. The fourth-order valence-electron chi connectivity index (χ4n) is 1.56. The Morgan fingerprint density at radius 1 is 1.43 bits per heavy atom. The number of hydrogen-bond donors (Lipinski definition) is 0. The Kier molecular flexibility index (Phi) is 3.88. The third-order valence-electron chi connectivity index (χ3n) is 2.69. The van der Waals surface area contributed by atoms with Gasteiger partial charge in [0, 0.05) is 5.41 Å². The molecular formula is C13H16N4O4. The molecule has 0 N–H and O–H groups in total. The van der Waals surface area contributed by atoms with Gasteiger partial charge in [0.2, 0.25) is 5.75 Å². The fourth-order valence-corrected chi connectivity index (χ4v) is 1.56. The quantitative estimate of drug-likeness (QED) is 0.630. The summed E-state index contributed by atoms with van der Waals surface area (Å²) in [6.07, 6.45) is 0.719. The molecule has 21 heavy (non-hydrogen) atoms. The molecule has 8 heteroatoms. The van der Waals surface area contributed by atoms with Gasteiger partial charge in [-0.1, -0.05) is 25.9 Å². The van der Waals surface area contributed by atoms with Crippen LogP contribution in [0.4, 0.5) is 5.82 Å². The summed E-state index contributed by atoms with van der Waals surface area (Å²) in [5, 5.41) is 14.8. The zero-order valence-corrected chi connectivity index (χ0v) is 12.2. The van der Waals surface area contributed by atoms with Crippen molar-refractivity contribution in [2.45, 2.75) is 39.2 Å². The van der Waals surface area contributed by atoms with E-state index in [0.717, 1.165) is 0 Å². The van der Waals surface area contributed by atoms with Crippen LogP contribution in [0.2, 0.25) is 0 Å². The smallest absolute Gasteiger partial charge is 0.406 e. The van der Waals surface area contributed by atoms with E-state index >= 15 is 0 Å². The Bertz CT molecular complexity index is 648. The van der Waals surface area contributed by atoms with Crippen LogP contribution in [-0.4, -0.2) is 20.0 Å². The maximum Gasteiger partial charge on any atom is 0.406 e. The maximum atomic E-state index is 10.9. The second-order valence-corrected chi connectivity index (χ2v) is 5.55. The predicted molar refractivity (Wildman–Crippen MR) is 72.9 cm³/mol. The first-order valence-electron chi connectivity index (χ1n) is 6.39. The molecule has 0 unspecified atom stereocenters. The van der Waals surface area contributed by atoms with Crippen molar-refractivity contribution in [2.24, 2.45) is 0 Å². The molecule has 0 fully saturated rings. The highest BCUT2D eigenvalue weighted by atomic mass is 16.6.